The molecule has 2 unspecified atom stereocenters. The Balaban J connectivity index is 1.43. The molecule has 2 fully saturated rings. The van der Waals surface area contributed by atoms with Crippen LogP contribution in [0, 0.1) is 0 Å². The summed E-state index contributed by atoms with van der Waals surface area (Å²) >= 11 is 18.3. The number of rotatable bonds is 4. The summed E-state index contributed by atoms with van der Waals surface area (Å²) in [4.78, 5) is 15.2. The number of carbonyl (C=O) groups is 1. The lowest BCUT2D eigenvalue weighted by molar-refractivity contribution is 0.0827. The fourth-order valence-corrected chi connectivity index (χ4v) is 5.25. The normalized spacial score (nSPS) is 25.4. The van der Waals surface area contributed by atoms with E-state index in [0.717, 1.165) is 32.2 Å². The molecule has 1 amide bonds. The van der Waals surface area contributed by atoms with Crippen LogP contribution in [0.15, 0.2) is 35.1 Å². The molecule has 2 atom stereocenters. The quantitative estimate of drug-likeness (QED) is 0.752. The third-order valence-electron chi connectivity index (χ3n) is 5.40. The van der Waals surface area contributed by atoms with Gasteiger partial charge < -0.3 is 9.73 Å². The van der Waals surface area contributed by atoms with Crippen LogP contribution in [0.3, 0.4) is 0 Å². The van der Waals surface area contributed by atoms with E-state index in [9.17, 15) is 4.79 Å². The predicted octanol–water partition coefficient (Wildman–Crippen LogP) is 5.17. The average molecular weight is 414 g/mol. The lowest BCUT2D eigenvalue weighted by Crippen LogP contribution is -2.50. The van der Waals surface area contributed by atoms with E-state index in [1.807, 2.05) is 6.07 Å². The Hall–Kier alpha value is -1.20. The van der Waals surface area contributed by atoms with Crippen molar-refractivity contribution in [2.75, 3.05) is 0 Å². The summed E-state index contributed by atoms with van der Waals surface area (Å²) in [6.07, 6.45) is 7.71. The molecule has 26 heavy (non-hydrogen) atoms. The second-order valence-electron chi connectivity index (χ2n) is 7.08. The van der Waals surface area contributed by atoms with E-state index >= 15 is 0 Å². The van der Waals surface area contributed by atoms with Crippen LogP contribution in [-0.2, 0) is 6.54 Å². The van der Waals surface area contributed by atoms with Crippen LogP contribution in [0.25, 0.3) is 0 Å². The van der Waals surface area contributed by atoms with Crippen molar-refractivity contribution in [3.63, 3.8) is 0 Å². The van der Waals surface area contributed by atoms with E-state index in [0.29, 0.717) is 22.7 Å². The van der Waals surface area contributed by atoms with Crippen molar-refractivity contribution < 1.29 is 9.21 Å². The predicted molar refractivity (Wildman–Crippen MR) is 103 cm³/mol. The number of amides is 1. The van der Waals surface area contributed by atoms with Gasteiger partial charge in [0.1, 0.15) is 0 Å². The van der Waals surface area contributed by atoms with Gasteiger partial charge in [0.25, 0.3) is 5.91 Å². The Kier molecular flexibility index (Phi) is 5.20. The Morgan fingerprint density at radius 3 is 2.38 bits per heavy atom. The van der Waals surface area contributed by atoms with Gasteiger partial charge in [0.05, 0.1) is 28.1 Å². The first-order chi connectivity index (χ1) is 12.5. The van der Waals surface area contributed by atoms with Crippen molar-refractivity contribution in [1.82, 2.24) is 10.2 Å². The van der Waals surface area contributed by atoms with Crippen LogP contribution in [0.5, 0.6) is 0 Å². The van der Waals surface area contributed by atoms with Crippen molar-refractivity contribution in [3.8, 4) is 0 Å². The fourth-order valence-electron chi connectivity index (χ4n) is 4.26. The van der Waals surface area contributed by atoms with Gasteiger partial charge in [-0.25, -0.2) is 0 Å². The van der Waals surface area contributed by atoms with E-state index in [4.69, 9.17) is 39.2 Å². The smallest absolute Gasteiger partial charge is 0.254 e. The molecule has 1 aromatic heterocycles. The summed E-state index contributed by atoms with van der Waals surface area (Å²) < 4.78 is 5.18. The maximum Gasteiger partial charge on any atom is 0.254 e. The zero-order chi connectivity index (χ0) is 18.3. The number of fused-ring (bicyclic) bond motifs is 2. The maximum absolute atomic E-state index is 12.7. The van der Waals surface area contributed by atoms with Gasteiger partial charge in [0, 0.05) is 35.3 Å². The number of carbonyl (C=O) groups excluding carboxylic acids is 1. The Labute approximate surface area is 167 Å². The largest absolute Gasteiger partial charge is 0.472 e. The van der Waals surface area contributed by atoms with Crippen LogP contribution < -0.4 is 5.32 Å². The Morgan fingerprint density at radius 1 is 1.15 bits per heavy atom. The highest BCUT2D eigenvalue weighted by atomic mass is 35.5. The first-order valence-electron chi connectivity index (χ1n) is 8.73. The Morgan fingerprint density at radius 2 is 1.81 bits per heavy atom. The lowest BCUT2D eigenvalue weighted by atomic mass is 9.96. The number of piperidine rings is 1. The molecule has 2 aliphatic rings. The summed E-state index contributed by atoms with van der Waals surface area (Å²) in [6.45, 7) is 0.904. The number of hydrogen-bond donors (Lipinski definition) is 1. The highest BCUT2D eigenvalue weighted by Crippen LogP contribution is 2.37. The highest BCUT2D eigenvalue weighted by molar-refractivity contribution is 6.42. The molecule has 0 aliphatic carbocycles. The zero-order valence-corrected chi connectivity index (χ0v) is 16.3. The van der Waals surface area contributed by atoms with Crippen molar-refractivity contribution in [2.24, 2.45) is 0 Å². The average Bonchev–Trinajstić information content (AvgIpc) is 3.14. The minimum Gasteiger partial charge on any atom is -0.472 e. The van der Waals surface area contributed by atoms with E-state index in [2.05, 4.69) is 10.2 Å². The zero-order valence-electron chi connectivity index (χ0n) is 14.1. The molecule has 0 radical (unpaired) electrons. The van der Waals surface area contributed by atoms with Crippen LogP contribution in [0.4, 0.5) is 0 Å². The second kappa shape index (κ2) is 7.43. The summed E-state index contributed by atoms with van der Waals surface area (Å²) in [7, 11) is 0. The van der Waals surface area contributed by atoms with Gasteiger partial charge in [0.15, 0.2) is 0 Å². The van der Waals surface area contributed by atoms with Crippen molar-refractivity contribution in [3.05, 3.63) is 56.9 Å². The lowest BCUT2D eigenvalue weighted by Gasteiger charge is -2.39. The molecule has 2 bridgehead atoms. The standard InChI is InChI=1S/C19H19Cl3N2O2/c20-12-5-16(21)18(17(22)6-12)19(25)23-13-7-14-1-2-15(8-13)24(14)9-11-3-4-26-10-11/h3-6,10,13-15H,1-2,7-9H2,(H,23,25). The SMILES string of the molecule is O=C(NC1CC2CCC(C1)N2Cc1ccoc1)c1c(Cl)cc(Cl)cc1Cl. The van der Waals surface area contributed by atoms with Crippen molar-refractivity contribution in [1.29, 1.82) is 0 Å². The summed E-state index contributed by atoms with van der Waals surface area (Å²) in [5.74, 6) is -0.232. The van der Waals surface area contributed by atoms with Gasteiger partial charge in [0.2, 0.25) is 0 Å². The van der Waals surface area contributed by atoms with Gasteiger partial charge >= 0.3 is 0 Å². The molecule has 0 spiro atoms. The third kappa shape index (κ3) is 3.61. The second-order valence-corrected chi connectivity index (χ2v) is 8.33. The van der Waals surface area contributed by atoms with E-state index < -0.39 is 0 Å². The molecule has 3 heterocycles. The highest BCUT2D eigenvalue weighted by Gasteiger charge is 2.41. The minimum atomic E-state index is -0.232. The van der Waals surface area contributed by atoms with Crippen LogP contribution in [-0.4, -0.2) is 28.9 Å². The maximum atomic E-state index is 12.7. The number of nitrogens with one attached hydrogen (secondary N) is 1. The van der Waals surface area contributed by atoms with E-state index in [1.54, 1.807) is 24.7 Å². The fraction of sp³-hybridized carbons (Fsp3) is 0.421. The number of halogens is 3. The molecular weight excluding hydrogens is 395 g/mol. The van der Waals surface area contributed by atoms with Gasteiger partial charge in [-0.15, -0.1) is 0 Å². The monoisotopic (exact) mass is 412 g/mol. The molecule has 1 aromatic carbocycles. The molecule has 2 saturated heterocycles. The molecule has 7 heteroatoms. The first-order valence-corrected chi connectivity index (χ1v) is 9.87. The molecule has 2 aliphatic heterocycles. The Bertz CT molecular complexity index is 772. The first kappa shape index (κ1) is 18.2. The minimum absolute atomic E-state index is 0.128. The molecule has 0 saturated carbocycles. The summed E-state index contributed by atoms with van der Waals surface area (Å²) in [5, 5.41) is 4.10. The molecular formula is C19H19Cl3N2O2. The van der Waals surface area contributed by atoms with Gasteiger partial charge in [-0.3, -0.25) is 9.69 Å². The molecule has 4 rings (SSSR count). The van der Waals surface area contributed by atoms with E-state index in [1.165, 1.54) is 5.56 Å². The number of benzene rings is 1. The van der Waals surface area contributed by atoms with Crippen LogP contribution in [0.2, 0.25) is 15.1 Å². The number of nitrogens with zero attached hydrogens (tertiary/aromatic N) is 1. The topological polar surface area (TPSA) is 45.5 Å². The third-order valence-corrected chi connectivity index (χ3v) is 6.21. The summed E-state index contributed by atoms with van der Waals surface area (Å²) in [5.41, 5.74) is 1.50. The molecule has 4 nitrogen and oxygen atoms in total. The molecule has 2 aromatic rings. The van der Waals surface area contributed by atoms with Crippen molar-refractivity contribution in [2.45, 2.75) is 50.4 Å². The summed E-state index contributed by atoms with van der Waals surface area (Å²) in [6, 6.07) is 6.18. The van der Waals surface area contributed by atoms with Gasteiger partial charge in [-0.1, -0.05) is 34.8 Å². The van der Waals surface area contributed by atoms with Gasteiger partial charge in [-0.2, -0.15) is 0 Å². The van der Waals surface area contributed by atoms with Crippen LogP contribution in [0.1, 0.15) is 41.6 Å². The van der Waals surface area contributed by atoms with Crippen LogP contribution >= 0.6 is 34.8 Å². The van der Waals surface area contributed by atoms with Gasteiger partial charge in [-0.05, 0) is 43.9 Å². The molecule has 138 valence electrons. The van der Waals surface area contributed by atoms with E-state index in [-0.39, 0.29) is 22.0 Å². The molecule has 1 N–H and O–H groups in total. The van der Waals surface area contributed by atoms with Crippen molar-refractivity contribution >= 4 is 40.7 Å². The number of hydrogen-bond acceptors (Lipinski definition) is 3. The number of furan rings is 1.